The molecule has 202 valence electrons. The first-order chi connectivity index (χ1) is 17.2. The first-order valence-electron chi connectivity index (χ1n) is 12.1. The Morgan fingerprint density at radius 2 is 1.57 bits per heavy atom. The second kappa shape index (κ2) is 12.4. The monoisotopic (exact) mass is 529 g/mol. The molecular formula is C28H39N3O5S. The molecule has 0 aliphatic carbocycles. The maximum Gasteiger partial charge on any atom is 0.408 e. The topological polar surface area (TPSA) is 97.0 Å². The molecule has 0 bridgehead atoms. The van der Waals surface area contributed by atoms with E-state index in [0.717, 1.165) is 5.56 Å². The van der Waals surface area contributed by atoms with Crippen molar-refractivity contribution in [3.8, 4) is 5.75 Å². The van der Waals surface area contributed by atoms with E-state index in [9.17, 15) is 14.4 Å². The van der Waals surface area contributed by atoms with Crippen molar-refractivity contribution in [2.75, 3.05) is 18.2 Å². The Bertz CT molecular complexity index is 1090. The van der Waals surface area contributed by atoms with E-state index in [1.54, 1.807) is 52.1 Å². The quantitative estimate of drug-likeness (QED) is 0.412. The fraction of sp³-hybridized carbons (Fsp3) is 0.464. The highest BCUT2D eigenvalue weighted by molar-refractivity contribution is 7.80. The molecule has 8 nitrogen and oxygen atoms in total. The maximum atomic E-state index is 14.0. The Kier molecular flexibility index (Phi) is 10.0. The van der Waals surface area contributed by atoms with Crippen molar-refractivity contribution < 1.29 is 23.9 Å². The summed E-state index contributed by atoms with van der Waals surface area (Å²) in [6.45, 7) is 12.7. The lowest BCUT2D eigenvalue weighted by Crippen LogP contribution is -2.58. The predicted octanol–water partition coefficient (Wildman–Crippen LogP) is 5.13. The average Bonchev–Trinajstić information content (AvgIpc) is 2.79. The highest BCUT2D eigenvalue weighted by Gasteiger charge is 2.42. The number of hydrogen-bond donors (Lipinski definition) is 3. The van der Waals surface area contributed by atoms with Gasteiger partial charge in [-0.05, 0) is 83.9 Å². The number of rotatable bonds is 8. The number of methoxy groups -OCH3 is 1. The molecule has 3 amide bonds. The van der Waals surface area contributed by atoms with Gasteiger partial charge in [0.2, 0.25) is 5.91 Å². The van der Waals surface area contributed by atoms with E-state index in [4.69, 9.17) is 9.47 Å². The van der Waals surface area contributed by atoms with E-state index >= 15 is 0 Å². The van der Waals surface area contributed by atoms with Crippen molar-refractivity contribution in [2.24, 2.45) is 0 Å². The second-order valence-electron chi connectivity index (χ2n) is 10.7. The number of carbonyl (C=O) groups excluding carboxylic acids is 3. The van der Waals surface area contributed by atoms with Crippen LogP contribution in [0.1, 0.15) is 58.7 Å². The van der Waals surface area contributed by atoms with E-state index in [2.05, 4.69) is 23.3 Å². The lowest BCUT2D eigenvalue weighted by atomic mass is 9.93. The molecule has 0 radical (unpaired) electrons. The van der Waals surface area contributed by atoms with Crippen molar-refractivity contribution in [3.63, 3.8) is 0 Å². The van der Waals surface area contributed by atoms with E-state index in [-0.39, 0.29) is 5.75 Å². The Morgan fingerprint density at radius 3 is 2.05 bits per heavy atom. The smallest absolute Gasteiger partial charge is 0.408 e. The molecule has 2 N–H and O–H groups in total. The van der Waals surface area contributed by atoms with Crippen molar-refractivity contribution >= 4 is 36.2 Å². The third-order valence-electron chi connectivity index (χ3n) is 5.48. The zero-order valence-electron chi connectivity index (χ0n) is 22.9. The van der Waals surface area contributed by atoms with Crippen LogP contribution in [0.15, 0.2) is 48.5 Å². The Labute approximate surface area is 225 Å². The van der Waals surface area contributed by atoms with Crippen LogP contribution in [0.3, 0.4) is 0 Å². The number of nitrogens with one attached hydrogen (secondary N) is 2. The maximum absolute atomic E-state index is 14.0. The minimum Gasteiger partial charge on any atom is -0.497 e. The van der Waals surface area contributed by atoms with Crippen LogP contribution in [-0.4, -0.2) is 52.9 Å². The first-order valence-corrected chi connectivity index (χ1v) is 12.7. The summed E-state index contributed by atoms with van der Waals surface area (Å²) in [5.74, 6) is -0.167. The molecule has 0 heterocycles. The average molecular weight is 530 g/mol. The van der Waals surface area contributed by atoms with Gasteiger partial charge in [-0.15, -0.1) is 0 Å². The summed E-state index contributed by atoms with van der Waals surface area (Å²) >= 11 is 4.33. The van der Waals surface area contributed by atoms with Crippen LogP contribution in [0.5, 0.6) is 5.75 Å². The van der Waals surface area contributed by atoms with Gasteiger partial charge in [0.15, 0.2) is 0 Å². The molecule has 2 unspecified atom stereocenters. The third-order valence-corrected chi connectivity index (χ3v) is 5.84. The number of ether oxygens (including phenoxy) is 2. The molecule has 37 heavy (non-hydrogen) atoms. The van der Waals surface area contributed by atoms with Crippen LogP contribution in [0.4, 0.5) is 10.5 Å². The summed E-state index contributed by atoms with van der Waals surface area (Å²) in [6, 6.07) is 12.4. The van der Waals surface area contributed by atoms with Gasteiger partial charge in [0.1, 0.15) is 23.4 Å². The van der Waals surface area contributed by atoms with Gasteiger partial charge in [0, 0.05) is 17.0 Å². The summed E-state index contributed by atoms with van der Waals surface area (Å²) in [6.07, 6.45) is -0.733. The summed E-state index contributed by atoms with van der Waals surface area (Å²) in [5, 5.41) is 5.56. The molecule has 2 aromatic carbocycles. The molecule has 0 aromatic heterocycles. The zero-order chi connectivity index (χ0) is 28.0. The van der Waals surface area contributed by atoms with E-state index in [1.165, 1.54) is 4.90 Å². The minimum absolute atomic E-state index is 0.0191. The number of alkyl carbamates (subject to hydrolysis) is 1. The van der Waals surface area contributed by atoms with Crippen molar-refractivity contribution in [1.29, 1.82) is 0 Å². The van der Waals surface area contributed by atoms with E-state index in [0.29, 0.717) is 17.0 Å². The van der Waals surface area contributed by atoms with Gasteiger partial charge in [0.25, 0.3) is 5.91 Å². The predicted molar refractivity (Wildman–Crippen MR) is 149 cm³/mol. The lowest BCUT2D eigenvalue weighted by molar-refractivity contribution is -0.146. The molecule has 2 atom stereocenters. The van der Waals surface area contributed by atoms with Gasteiger partial charge in [0.05, 0.1) is 7.11 Å². The number of carbonyl (C=O) groups is 3. The second-order valence-corrected chi connectivity index (χ2v) is 11.1. The number of benzene rings is 2. The largest absolute Gasteiger partial charge is 0.497 e. The zero-order valence-corrected chi connectivity index (χ0v) is 23.8. The van der Waals surface area contributed by atoms with E-state index in [1.807, 2.05) is 52.0 Å². The lowest BCUT2D eigenvalue weighted by Gasteiger charge is -2.43. The summed E-state index contributed by atoms with van der Waals surface area (Å²) in [7, 11) is 1.57. The van der Waals surface area contributed by atoms with E-state index < -0.39 is 41.1 Å². The highest BCUT2D eigenvalue weighted by Crippen LogP contribution is 2.33. The first kappa shape index (κ1) is 30.0. The minimum atomic E-state index is -1.02. The van der Waals surface area contributed by atoms with Crippen LogP contribution in [0, 0.1) is 6.92 Å². The number of nitrogens with zero attached hydrogens (tertiary/aromatic N) is 1. The molecule has 0 saturated carbocycles. The van der Waals surface area contributed by atoms with Crippen molar-refractivity contribution in [1.82, 2.24) is 10.2 Å². The number of aryl methyl sites for hydroxylation is 1. The standard InChI is InChI=1S/C28H39N3O5S/c1-18-11-9-10-12-21(18)23(24(32)29-19-13-15-20(35-8)16-14-19)31(27(2,3)4)25(33)22(17-37)30-26(34)36-28(5,6)7/h9-16,22-23,37H,17H2,1-8H3,(H,29,32)(H,30,34). The molecule has 2 rings (SSSR count). The fourth-order valence-electron chi connectivity index (χ4n) is 3.82. The SMILES string of the molecule is COc1ccc(NC(=O)C(c2ccccc2C)N(C(=O)C(CS)NC(=O)OC(C)(C)C)C(C)(C)C)cc1. The molecular weight excluding hydrogens is 490 g/mol. The number of amides is 3. The van der Waals surface area contributed by atoms with Crippen LogP contribution in [-0.2, 0) is 14.3 Å². The molecule has 9 heteroatoms. The Morgan fingerprint density at radius 1 is 0.973 bits per heavy atom. The van der Waals surface area contributed by atoms with Gasteiger partial charge >= 0.3 is 6.09 Å². The Balaban J connectivity index is 2.52. The molecule has 0 fully saturated rings. The number of hydrogen-bond acceptors (Lipinski definition) is 6. The molecule has 2 aromatic rings. The van der Waals surface area contributed by atoms with Gasteiger partial charge in [-0.3, -0.25) is 9.59 Å². The summed E-state index contributed by atoms with van der Waals surface area (Å²) < 4.78 is 10.6. The van der Waals surface area contributed by atoms with Crippen molar-refractivity contribution in [2.45, 2.75) is 71.7 Å². The summed E-state index contributed by atoms with van der Waals surface area (Å²) in [4.78, 5) is 41.9. The van der Waals surface area contributed by atoms with Gasteiger partial charge in [-0.2, -0.15) is 12.6 Å². The fourth-order valence-corrected chi connectivity index (χ4v) is 4.07. The van der Waals surface area contributed by atoms with Crippen molar-refractivity contribution in [3.05, 3.63) is 59.7 Å². The number of anilines is 1. The summed E-state index contributed by atoms with van der Waals surface area (Å²) in [5.41, 5.74) is 0.551. The van der Waals surface area contributed by atoms with Crippen LogP contribution >= 0.6 is 12.6 Å². The van der Waals surface area contributed by atoms with Crippen LogP contribution < -0.4 is 15.4 Å². The third kappa shape index (κ3) is 8.42. The molecule has 0 spiro atoms. The Hall–Kier alpha value is -3.20. The molecule has 0 aliphatic heterocycles. The van der Waals surface area contributed by atoms with Gasteiger partial charge < -0.3 is 25.0 Å². The molecule has 0 saturated heterocycles. The van der Waals surface area contributed by atoms with Gasteiger partial charge in [-0.1, -0.05) is 24.3 Å². The molecule has 0 aliphatic rings. The number of thiol groups is 1. The van der Waals surface area contributed by atoms with Crippen LogP contribution in [0.2, 0.25) is 0 Å². The highest BCUT2D eigenvalue weighted by atomic mass is 32.1. The van der Waals surface area contributed by atoms with Crippen LogP contribution in [0.25, 0.3) is 0 Å². The normalized spacial score (nSPS) is 13.2. The van der Waals surface area contributed by atoms with Gasteiger partial charge in [-0.25, -0.2) is 4.79 Å².